The van der Waals surface area contributed by atoms with Gasteiger partial charge in [0.1, 0.15) is 0 Å². The van der Waals surface area contributed by atoms with Crippen LogP contribution < -0.4 is 0 Å². The molecule has 1 heterocycles. The van der Waals surface area contributed by atoms with Crippen LogP contribution in [0.1, 0.15) is 22.4 Å². The zero-order chi connectivity index (χ0) is 14.4. The lowest BCUT2D eigenvalue weighted by atomic mass is 10.4. The van der Waals surface area contributed by atoms with E-state index in [-0.39, 0.29) is 5.91 Å². The number of likely N-dealkylation sites (N-methyl/N-ethyl adjacent to an activating group) is 2. The fraction of sp³-hybridized carbons (Fsp3) is 0.583. The molecule has 7 heteroatoms. The van der Waals surface area contributed by atoms with Gasteiger partial charge in [0.25, 0.3) is 0 Å². The first kappa shape index (κ1) is 15.6. The average molecular weight is 285 g/mol. The Morgan fingerprint density at radius 2 is 2.05 bits per heavy atom. The van der Waals surface area contributed by atoms with Crippen LogP contribution in [0.2, 0.25) is 0 Å². The van der Waals surface area contributed by atoms with E-state index in [0.29, 0.717) is 24.7 Å². The molecule has 1 aromatic heterocycles. The van der Waals surface area contributed by atoms with Crippen molar-refractivity contribution in [3.63, 3.8) is 0 Å². The lowest BCUT2D eigenvalue weighted by molar-refractivity contribution is -0.129. The molecule has 0 aliphatic rings. The number of hydrogen-bond acceptors (Lipinski definition) is 6. The van der Waals surface area contributed by atoms with Crippen LogP contribution in [0.15, 0.2) is 5.38 Å². The number of carbonyl (C=O) groups excluding carboxylic acids is 2. The molecule has 0 bridgehead atoms. The highest BCUT2D eigenvalue weighted by molar-refractivity contribution is 7.11. The van der Waals surface area contributed by atoms with Gasteiger partial charge in [0.05, 0.1) is 18.8 Å². The number of rotatable bonds is 6. The Hall–Kier alpha value is -1.47. The lowest BCUT2D eigenvalue weighted by Gasteiger charge is -2.17. The molecule has 0 aliphatic carbocycles. The van der Waals surface area contributed by atoms with E-state index in [2.05, 4.69) is 4.98 Å². The predicted octanol–water partition coefficient (Wildman–Crippen LogP) is 0.840. The minimum Gasteiger partial charge on any atom is -0.461 e. The van der Waals surface area contributed by atoms with Crippen LogP contribution >= 0.6 is 11.3 Å². The summed E-state index contributed by atoms with van der Waals surface area (Å²) in [5, 5.41) is 2.16. The minimum atomic E-state index is -0.397. The Bertz CT molecular complexity index is 445. The largest absolute Gasteiger partial charge is 0.461 e. The first-order valence-corrected chi connectivity index (χ1v) is 6.82. The maximum Gasteiger partial charge on any atom is 0.367 e. The standard InChI is InChI=1S/C12H19N3O3S/c1-5-18-12(17)11-13-9(8-19-11)6-15(4)7-10(16)14(2)3/h8H,5-7H2,1-4H3. The smallest absolute Gasteiger partial charge is 0.367 e. The van der Waals surface area contributed by atoms with Gasteiger partial charge in [-0.3, -0.25) is 9.69 Å². The maximum atomic E-state index is 11.5. The minimum absolute atomic E-state index is 0.0309. The Labute approximate surface area is 117 Å². The third-order valence-corrected chi connectivity index (χ3v) is 3.21. The van der Waals surface area contributed by atoms with Crippen LogP contribution in [0.3, 0.4) is 0 Å². The highest BCUT2D eigenvalue weighted by Crippen LogP contribution is 2.12. The quantitative estimate of drug-likeness (QED) is 0.725. The monoisotopic (exact) mass is 285 g/mol. The normalized spacial score (nSPS) is 10.6. The van der Waals surface area contributed by atoms with Crippen molar-refractivity contribution in [1.82, 2.24) is 14.8 Å². The Morgan fingerprint density at radius 1 is 1.37 bits per heavy atom. The molecular formula is C12H19N3O3S. The van der Waals surface area contributed by atoms with E-state index in [0.717, 1.165) is 5.69 Å². The zero-order valence-corrected chi connectivity index (χ0v) is 12.5. The van der Waals surface area contributed by atoms with Gasteiger partial charge in [-0.2, -0.15) is 0 Å². The molecule has 6 nitrogen and oxygen atoms in total. The molecule has 106 valence electrons. The second-order valence-corrected chi connectivity index (χ2v) is 5.18. The first-order valence-electron chi connectivity index (χ1n) is 5.94. The summed E-state index contributed by atoms with van der Waals surface area (Å²) in [7, 11) is 5.28. The summed E-state index contributed by atoms with van der Waals surface area (Å²) in [4.78, 5) is 30.6. The van der Waals surface area contributed by atoms with Gasteiger partial charge < -0.3 is 9.64 Å². The van der Waals surface area contributed by atoms with Gasteiger partial charge in [0.2, 0.25) is 10.9 Å². The number of ether oxygens (including phenoxy) is 1. The summed E-state index contributed by atoms with van der Waals surface area (Å²) in [6.45, 7) is 2.94. The van der Waals surface area contributed by atoms with Gasteiger partial charge in [-0.05, 0) is 14.0 Å². The van der Waals surface area contributed by atoms with Crippen molar-refractivity contribution < 1.29 is 14.3 Å². The zero-order valence-electron chi connectivity index (χ0n) is 11.7. The molecule has 0 radical (unpaired) electrons. The molecule has 1 aromatic rings. The molecule has 0 atom stereocenters. The van der Waals surface area contributed by atoms with Gasteiger partial charge in [0, 0.05) is 26.0 Å². The number of thiazole rings is 1. The van der Waals surface area contributed by atoms with Gasteiger partial charge in [-0.1, -0.05) is 0 Å². The third-order valence-electron chi connectivity index (χ3n) is 2.34. The summed E-state index contributed by atoms with van der Waals surface area (Å²) in [6, 6.07) is 0. The third kappa shape index (κ3) is 4.96. The Kier molecular flexibility index (Phi) is 5.91. The number of hydrogen-bond donors (Lipinski definition) is 0. The summed E-state index contributed by atoms with van der Waals surface area (Å²) in [5.74, 6) is -0.367. The molecule has 1 amide bonds. The van der Waals surface area contributed by atoms with E-state index in [9.17, 15) is 9.59 Å². The second kappa shape index (κ2) is 7.20. The fourth-order valence-corrected chi connectivity index (χ4v) is 2.07. The van der Waals surface area contributed by atoms with E-state index in [4.69, 9.17) is 4.74 Å². The Morgan fingerprint density at radius 3 is 2.63 bits per heavy atom. The highest BCUT2D eigenvalue weighted by atomic mass is 32.1. The van der Waals surface area contributed by atoms with Crippen LogP contribution in [0.5, 0.6) is 0 Å². The topological polar surface area (TPSA) is 62.7 Å². The number of amides is 1. The van der Waals surface area contributed by atoms with Crippen molar-refractivity contribution in [3.05, 3.63) is 16.1 Å². The van der Waals surface area contributed by atoms with Gasteiger partial charge in [-0.25, -0.2) is 9.78 Å². The van der Waals surface area contributed by atoms with Crippen molar-refractivity contribution in [1.29, 1.82) is 0 Å². The van der Waals surface area contributed by atoms with E-state index in [1.807, 2.05) is 17.3 Å². The van der Waals surface area contributed by atoms with Crippen LogP contribution in [0, 0.1) is 0 Å². The van der Waals surface area contributed by atoms with Crippen LogP contribution in [0.4, 0.5) is 0 Å². The van der Waals surface area contributed by atoms with Crippen LogP contribution in [0.25, 0.3) is 0 Å². The molecule has 0 saturated carbocycles. The summed E-state index contributed by atoms with van der Waals surface area (Å²) >= 11 is 1.26. The van der Waals surface area contributed by atoms with E-state index in [1.165, 1.54) is 11.3 Å². The fourth-order valence-electron chi connectivity index (χ4n) is 1.37. The molecule has 0 saturated heterocycles. The molecule has 0 unspecified atom stereocenters. The van der Waals surface area contributed by atoms with E-state index in [1.54, 1.807) is 25.9 Å². The maximum absolute atomic E-state index is 11.5. The van der Waals surface area contributed by atoms with Crippen molar-refractivity contribution in [3.8, 4) is 0 Å². The average Bonchev–Trinajstić information content (AvgIpc) is 2.77. The molecule has 1 rings (SSSR count). The molecule has 0 aromatic carbocycles. The number of carbonyl (C=O) groups is 2. The summed E-state index contributed by atoms with van der Waals surface area (Å²) < 4.78 is 4.88. The first-order chi connectivity index (χ1) is 8.93. The Balaban J connectivity index is 2.53. The molecule has 0 fully saturated rings. The number of esters is 1. The van der Waals surface area contributed by atoms with Crippen molar-refractivity contribution in [2.24, 2.45) is 0 Å². The number of nitrogens with zero attached hydrogens (tertiary/aromatic N) is 3. The van der Waals surface area contributed by atoms with Crippen molar-refractivity contribution in [2.75, 3.05) is 34.3 Å². The predicted molar refractivity (Wildman–Crippen MR) is 73.1 cm³/mol. The molecule has 0 aliphatic heterocycles. The van der Waals surface area contributed by atoms with Crippen molar-refractivity contribution >= 4 is 23.2 Å². The molecular weight excluding hydrogens is 266 g/mol. The lowest BCUT2D eigenvalue weighted by Crippen LogP contribution is -2.34. The number of aromatic nitrogens is 1. The highest BCUT2D eigenvalue weighted by Gasteiger charge is 2.14. The van der Waals surface area contributed by atoms with Gasteiger partial charge in [0.15, 0.2) is 0 Å². The van der Waals surface area contributed by atoms with Crippen LogP contribution in [-0.2, 0) is 16.1 Å². The molecule has 0 N–H and O–H groups in total. The van der Waals surface area contributed by atoms with E-state index < -0.39 is 5.97 Å². The molecule has 19 heavy (non-hydrogen) atoms. The summed E-state index contributed by atoms with van der Waals surface area (Å²) in [5.41, 5.74) is 0.766. The second-order valence-electron chi connectivity index (χ2n) is 4.32. The molecule has 0 spiro atoms. The van der Waals surface area contributed by atoms with Crippen molar-refractivity contribution in [2.45, 2.75) is 13.5 Å². The van der Waals surface area contributed by atoms with Gasteiger partial charge >= 0.3 is 5.97 Å². The van der Waals surface area contributed by atoms with Crippen LogP contribution in [-0.4, -0.2) is 61.0 Å². The van der Waals surface area contributed by atoms with E-state index >= 15 is 0 Å². The SMILES string of the molecule is CCOC(=O)c1nc(CN(C)CC(=O)N(C)C)cs1. The van der Waals surface area contributed by atoms with Gasteiger partial charge in [-0.15, -0.1) is 11.3 Å². The summed E-state index contributed by atoms with van der Waals surface area (Å²) in [6.07, 6.45) is 0.